The average Bonchev–Trinajstić information content (AvgIpc) is 3.41. The van der Waals surface area contributed by atoms with Gasteiger partial charge in [-0.05, 0) is 79.1 Å². The zero-order chi connectivity index (χ0) is 32.1. The number of Topliss-reactive ketones (excluding diaryl/α,β-unsaturated/α-hetero) is 1. The number of allylic oxidation sites excluding steroid dienone is 4. The van der Waals surface area contributed by atoms with Crippen molar-refractivity contribution in [3.63, 3.8) is 0 Å². The predicted molar refractivity (Wildman–Crippen MR) is 166 cm³/mol. The van der Waals surface area contributed by atoms with Crippen LogP contribution in [0.3, 0.4) is 0 Å². The number of aromatic nitrogens is 2. The molecule has 0 radical (unpaired) electrons. The van der Waals surface area contributed by atoms with Gasteiger partial charge in [-0.15, -0.1) is 0 Å². The lowest BCUT2D eigenvalue weighted by Crippen LogP contribution is -2.65. The molecule has 5 aliphatic rings. The standard InChI is InChI=1S/C36H48N4O4/c1-21(41)38-17-11-27-39-30(44-40-27)36-15-13-31(2,3)19-22(36)28-24(42)18-26-33(6)20-23(37-9)29(43)32(4,5)25(33)10-12-34(26,7)35(28,8)14-16-36/h18,20,22,25,28H,10-17,19H2,1-8H3,(H,38,41)/t22-,25-,28-,33-,34+,35+,36-/m0/s1. The normalized spacial score (nSPS) is 40.3. The van der Waals surface area contributed by atoms with Crippen LogP contribution in [0.15, 0.2) is 27.9 Å². The summed E-state index contributed by atoms with van der Waals surface area (Å²) in [6, 6.07) is 0. The van der Waals surface area contributed by atoms with Crippen LogP contribution in [0, 0.1) is 51.4 Å². The van der Waals surface area contributed by atoms with Gasteiger partial charge >= 0.3 is 0 Å². The van der Waals surface area contributed by atoms with Gasteiger partial charge in [0.2, 0.25) is 17.5 Å². The summed E-state index contributed by atoms with van der Waals surface area (Å²) in [6.07, 6.45) is 10.7. The van der Waals surface area contributed by atoms with E-state index in [9.17, 15) is 14.4 Å². The minimum atomic E-state index is -0.670. The van der Waals surface area contributed by atoms with Crippen LogP contribution in [-0.2, 0) is 26.2 Å². The van der Waals surface area contributed by atoms with Crippen LogP contribution in [-0.4, -0.2) is 34.2 Å². The maximum Gasteiger partial charge on any atom is 0.233 e. The summed E-state index contributed by atoms with van der Waals surface area (Å²) in [4.78, 5) is 48.1. The summed E-state index contributed by atoms with van der Waals surface area (Å²) < 4.78 is 6.05. The molecule has 1 aromatic rings. The van der Waals surface area contributed by atoms with Crippen molar-refractivity contribution in [3.8, 4) is 0 Å². The monoisotopic (exact) mass is 600 g/mol. The second-order valence-electron chi connectivity index (χ2n) is 16.6. The van der Waals surface area contributed by atoms with E-state index in [-0.39, 0.29) is 62.6 Å². The van der Waals surface area contributed by atoms with E-state index in [4.69, 9.17) is 16.1 Å². The molecule has 7 atom stereocenters. The maximum atomic E-state index is 14.7. The number of fused-ring (bicyclic) bond motifs is 7. The third-order valence-corrected chi connectivity index (χ3v) is 13.5. The summed E-state index contributed by atoms with van der Waals surface area (Å²) in [6.45, 7) is 25.3. The van der Waals surface area contributed by atoms with E-state index < -0.39 is 10.8 Å². The van der Waals surface area contributed by atoms with Gasteiger partial charge in [0.05, 0.1) is 12.0 Å². The first-order valence-electron chi connectivity index (χ1n) is 16.4. The molecule has 1 N–H and O–H groups in total. The zero-order valence-electron chi connectivity index (χ0n) is 27.7. The van der Waals surface area contributed by atoms with Crippen molar-refractivity contribution >= 4 is 17.5 Å². The van der Waals surface area contributed by atoms with E-state index in [1.807, 2.05) is 26.0 Å². The minimum Gasteiger partial charge on any atom is -0.356 e. The van der Waals surface area contributed by atoms with Gasteiger partial charge in [-0.1, -0.05) is 65.3 Å². The second kappa shape index (κ2) is 9.71. The SMILES string of the molecule is [C-]#[N+]C1=C[C@]2(C)C3=CC(=O)[C@@H]4[C@@H]5CC(C)(C)CC[C@]5(c5nc(CCNC(C)=O)no5)CC[C@@]4(C)[C@]3(C)CC[C@H]2C(C)(C)C1=O. The summed E-state index contributed by atoms with van der Waals surface area (Å²) in [5, 5.41) is 7.14. The number of carbonyl (C=O) groups excluding carboxylic acids is 3. The highest BCUT2D eigenvalue weighted by Gasteiger charge is 2.70. The molecule has 0 aliphatic heterocycles. The fourth-order valence-corrected chi connectivity index (χ4v) is 10.9. The molecule has 0 bridgehead atoms. The number of hydrogen-bond donors (Lipinski definition) is 1. The van der Waals surface area contributed by atoms with Crippen molar-refractivity contribution < 1.29 is 18.9 Å². The van der Waals surface area contributed by atoms with E-state index in [0.717, 1.165) is 50.5 Å². The summed E-state index contributed by atoms with van der Waals surface area (Å²) in [5.74, 6) is 1.15. The van der Waals surface area contributed by atoms with Crippen LogP contribution in [0.4, 0.5) is 0 Å². The van der Waals surface area contributed by atoms with Gasteiger partial charge in [-0.25, -0.2) is 4.85 Å². The Morgan fingerprint density at radius 1 is 1.07 bits per heavy atom. The van der Waals surface area contributed by atoms with E-state index in [2.05, 4.69) is 49.9 Å². The molecule has 8 heteroatoms. The van der Waals surface area contributed by atoms with Gasteiger partial charge in [0.25, 0.3) is 0 Å². The number of nitrogens with one attached hydrogen (secondary N) is 1. The summed E-state index contributed by atoms with van der Waals surface area (Å²) >= 11 is 0. The van der Waals surface area contributed by atoms with Crippen molar-refractivity contribution in [2.75, 3.05) is 6.54 Å². The summed E-state index contributed by atoms with van der Waals surface area (Å²) in [7, 11) is 0. The molecule has 0 unspecified atom stereocenters. The van der Waals surface area contributed by atoms with Crippen molar-refractivity contribution in [1.82, 2.24) is 15.5 Å². The number of amides is 1. The van der Waals surface area contributed by atoms with Crippen LogP contribution in [0.1, 0.15) is 112 Å². The molecule has 1 aromatic heterocycles. The molecule has 0 spiro atoms. The maximum absolute atomic E-state index is 14.7. The second-order valence-corrected chi connectivity index (χ2v) is 16.6. The molecule has 1 heterocycles. The molecule has 6 rings (SSSR count). The Morgan fingerprint density at radius 2 is 1.77 bits per heavy atom. The Labute approximate surface area is 261 Å². The fraction of sp³-hybridized carbons (Fsp3) is 0.722. The van der Waals surface area contributed by atoms with Gasteiger partial charge in [-0.3, -0.25) is 9.59 Å². The molecule has 236 valence electrons. The van der Waals surface area contributed by atoms with E-state index in [0.29, 0.717) is 24.7 Å². The first-order valence-corrected chi connectivity index (χ1v) is 16.4. The molecule has 0 saturated heterocycles. The lowest BCUT2D eigenvalue weighted by Gasteiger charge is -2.69. The third-order valence-electron chi connectivity index (χ3n) is 13.5. The Hall–Kier alpha value is -3.08. The van der Waals surface area contributed by atoms with Gasteiger partial charge in [0.15, 0.2) is 17.4 Å². The third kappa shape index (κ3) is 4.09. The van der Waals surface area contributed by atoms with E-state index in [1.165, 1.54) is 6.92 Å². The molecule has 3 fully saturated rings. The Morgan fingerprint density at radius 3 is 2.45 bits per heavy atom. The smallest absolute Gasteiger partial charge is 0.233 e. The van der Waals surface area contributed by atoms with Gasteiger partial charge < -0.3 is 14.6 Å². The highest BCUT2D eigenvalue weighted by Crippen LogP contribution is 2.74. The minimum absolute atomic E-state index is 0.0332. The molecule has 3 saturated carbocycles. The summed E-state index contributed by atoms with van der Waals surface area (Å²) in [5.41, 5.74) is -0.725. The van der Waals surface area contributed by atoms with Crippen LogP contribution < -0.4 is 5.32 Å². The molecule has 8 nitrogen and oxygen atoms in total. The van der Waals surface area contributed by atoms with Crippen LogP contribution in [0.2, 0.25) is 0 Å². The number of rotatable bonds is 4. The molecular formula is C36H48N4O4. The highest BCUT2D eigenvalue weighted by molar-refractivity contribution is 6.03. The quantitative estimate of drug-likeness (QED) is 0.392. The van der Waals surface area contributed by atoms with Gasteiger partial charge in [-0.2, -0.15) is 4.98 Å². The van der Waals surface area contributed by atoms with Crippen molar-refractivity contribution in [2.24, 2.45) is 44.8 Å². The largest absolute Gasteiger partial charge is 0.356 e. The lowest BCUT2D eigenvalue weighted by atomic mass is 9.34. The first kappa shape index (κ1) is 30.9. The fourth-order valence-electron chi connectivity index (χ4n) is 10.9. The van der Waals surface area contributed by atoms with Gasteiger partial charge in [0.1, 0.15) is 0 Å². The van der Waals surface area contributed by atoms with Crippen molar-refractivity contribution in [3.05, 3.63) is 46.6 Å². The molecular weight excluding hydrogens is 552 g/mol. The Bertz CT molecular complexity index is 1540. The average molecular weight is 601 g/mol. The van der Waals surface area contributed by atoms with Crippen LogP contribution in [0.5, 0.6) is 0 Å². The molecule has 5 aliphatic carbocycles. The van der Waals surface area contributed by atoms with Crippen LogP contribution >= 0.6 is 0 Å². The van der Waals surface area contributed by atoms with Gasteiger partial charge in [0, 0.05) is 36.6 Å². The number of nitrogens with zero attached hydrogens (tertiary/aromatic N) is 3. The van der Waals surface area contributed by atoms with E-state index in [1.54, 1.807) is 0 Å². The Kier molecular flexibility index (Phi) is 6.82. The van der Waals surface area contributed by atoms with Crippen molar-refractivity contribution in [2.45, 2.75) is 112 Å². The molecule has 1 amide bonds. The zero-order valence-corrected chi connectivity index (χ0v) is 27.7. The topological polar surface area (TPSA) is 107 Å². The number of hydrogen-bond acceptors (Lipinski definition) is 6. The Balaban J connectivity index is 1.45. The van der Waals surface area contributed by atoms with Crippen LogP contribution in [0.25, 0.3) is 4.85 Å². The van der Waals surface area contributed by atoms with Crippen molar-refractivity contribution in [1.29, 1.82) is 0 Å². The predicted octanol–water partition coefficient (Wildman–Crippen LogP) is 6.57. The van der Waals surface area contributed by atoms with E-state index >= 15 is 0 Å². The molecule has 44 heavy (non-hydrogen) atoms. The molecule has 0 aromatic carbocycles. The number of ketones is 2. The lowest BCUT2D eigenvalue weighted by molar-refractivity contribution is -0.161. The highest BCUT2D eigenvalue weighted by atomic mass is 16.5. The number of carbonyl (C=O) groups is 3. The first-order chi connectivity index (χ1) is 20.4.